The molecule has 106 valence electrons. The number of rotatable bonds is 4. The lowest BCUT2D eigenvalue weighted by molar-refractivity contribution is -0.121. The first-order chi connectivity index (χ1) is 9.10. The molecule has 6 heteroatoms. The van der Waals surface area contributed by atoms with Crippen LogP contribution in [0.1, 0.15) is 50.9 Å². The van der Waals surface area contributed by atoms with E-state index in [1.54, 1.807) is 0 Å². The van der Waals surface area contributed by atoms with Crippen molar-refractivity contribution in [2.24, 2.45) is 0 Å². The fraction of sp³-hybridized carbons (Fsp3) is 0.769. The molecule has 1 fully saturated rings. The first-order valence-electron chi connectivity index (χ1n) is 6.93. The van der Waals surface area contributed by atoms with Gasteiger partial charge in [-0.3, -0.25) is 9.69 Å². The Morgan fingerprint density at radius 3 is 2.74 bits per heavy atom. The number of piperidine rings is 1. The molecule has 1 atom stereocenters. The van der Waals surface area contributed by atoms with Crippen LogP contribution in [0.5, 0.6) is 0 Å². The van der Waals surface area contributed by atoms with Crippen molar-refractivity contribution < 1.29 is 9.32 Å². The Morgan fingerprint density at radius 1 is 1.53 bits per heavy atom. The number of aromatic nitrogens is 2. The molecule has 0 radical (unpaired) electrons. The molecule has 0 unspecified atom stereocenters. The number of carbonyl (C=O) groups excluding carboxylic acids is 1. The number of amides is 1. The summed E-state index contributed by atoms with van der Waals surface area (Å²) in [5.74, 6) is 1.49. The minimum absolute atomic E-state index is 0.138. The minimum Gasteiger partial charge on any atom is -0.353 e. The lowest BCUT2D eigenvalue weighted by Gasteiger charge is -2.34. The summed E-state index contributed by atoms with van der Waals surface area (Å²) in [7, 11) is 0. The van der Waals surface area contributed by atoms with E-state index in [9.17, 15) is 4.79 Å². The third kappa shape index (κ3) is 3.53. The van der Waals surface area contributed by atoms with Gasteiger partial charge in [0.2, 0.25) is 11.8 Å². The van der Waals surface area contributed by atoms with Crippen LogP contribution in [-0.2, 0) is 4.79 Å². The second kappa shape index (κ2) is 6.14. The van der Waals surface area contributed by atoms with E-state index >= 15 is 0 Å². The van der Waals surface area contributed by atoms with Gasteiger partial charge in [-0.1, -0.05) is 12.1 Å². The van der Waals surface area contributed by atoms with Crippen molar-refractivity contribution >= 4 is 5.91 Å². The molecule has 0 aliphatic carbocycles. The zero-order chi connectivity index (χ0) is 13.8. The molecule has 0 bridgehead atoms. The summed E-state index contributed by atoms with van der Waals surface area (Å²) in [5.41, 5.74) is 0. The van der Waals surface area contributed by atoms with Gasteiger partial charge < -0.3 is 9.84 Å². The van der Waals surface area contributed by atoms with Gasteiger partial charge in [0, 0.05) is 25.6 Å². The molecule has 1 aromatic heterocycles. The second-order valence-electron chi connectivity index (χ2n) is 5.09. The highest BCUT2D eigenvalue weighted by molar-refractivity contribution is 5.75. The van der Waals surface area contributed by atoms with E-state index in [-0.39, 0.29) is 11.9 Å². The Labute approximate surface area is 113 Å². The van der Waals surface area contributed by atoms with Crippen LogP contribution in [-0.4, -0.2) is 40.1 Å². The topological polar surface area (TPSA) is 71.3 Å². The number of carbonyl (C=O) groups is 1. The quantitative estimate of drug-likeness (QED) is 0.892. The van der Waals surface area contributed by atoms with Crippen LogP contribution in [0.25, 0.3) is 0 Å². The van der Waals surface area contributed by atoms with Crippen molar-refractivity contribution in [3.8, 4) is 0 Å². The van der Waals surface area contributed by atoms with E-state index in [4.69, 9.17) is 4.52 Å². The minimum atomic E-state index is 0.138. The van der Waals surface area contributed by atoms with Gasteiger partial charge in [-0.25, -0.2) is 0 Å². The van der Waals surface area contributed by atoms with Gasteiger partial charge in [-0.2, -0.15) is 4.98 Å². The van der Waals surface area contributed by atoms with E-state index in [0.29, 0.717) is 24.2 Å². The largest absolute Gasteiger partial charge is 0.353 e. The van der Waals surface area contributed by atoms with Gasteiger partial charge >= 0.3 is 0 Å². The summed E-state index contributed by atoms with van der Waals surface area (Å²) in [5, 5.41) is 6.88. The first-order valence-corrected chi connectivity index (χ1v) is 6.93. The maximum atomic E-state index is 11.4. The molecular formula is C13H22N4O2. The Bertz CT molecular complexity index is 424. The summed E-state index contributed by atoms with van der Waals surface area (Å²) in [6.45, 7) is 7.67. The summed E-state index contributed by atoms with van der Waals surface area (Å²) >= 11 is 0. The molecule has 1 aliphatic rings. The predicted octanol–water partition coefficient (Wildman–Crippen LogP) is 1.43. The normalized spacial score (nSPS) is 19.3. The standard InChI is InChI=1S/C13H22N4O2/c1-4-12(18)15-11-5-7-17(8-6-11)9(2)13-14-10(3)16-19-13/h9,11H,4-8H2,1-3H3,(H,15,18)/t9-/m1/s1. The number of hydrogen-bond acceptors (Lipinski definition) is 5. The van der Waals surface area contributed by atoms with E-state index < -0.39 is 0 Å². The van der Waals surface area contributed by atoms with Crippen LogP contribution in [0.15, 0.2) is 4.52 Å². The Hall–Kier alpha value is -1.43. The van der Waals surface area contributed by atoms with Crippen molar-refractivity contribution in [3.05, 3.63) is 11.7 Å². The average Bonchev–Trinajstić information content (AvgIpc) is 2.85. The molecule has 6 nitrogen and oxygen atoms in total. The third-order valence-corrected chi connectivity index (χ3v) is 3.66. The van der Waals surface area contributed by atoms with Crippen molar-refractivity contribution in [2.75, 3.05) is 13.1 Å². The molecule has 2 heterocycles. The van der Waals surface area contributed by atoms with E-state index in [0.717, 1.165) is 25.9 Å². The lowest BCUT2D eigenvalue weighted by Crippen LogP contribution is -2.45. The van der Waals surface area contributed by atoms with E-state index in [1.807, 2.05) is 13.8 Å². The maximum Gasteiger partial charge on any atom is 0.243 e. The fourth-order valence-electron chi connectivity index (χ4n) is 2.40. The molecule has 0 spiro atoms. The Balaban J connectivity index is 1.84. The molecule has 1 N–H and O–H groups in total. The summed E-state index contributed by atoms with van der Waals surface area (Å²) in [4.78, 5) is 18.0. The number of likely N-dealkylation sites (tertiary alicyclic amines) is 1. The Kier molecular flexibility index (Phi) is 4.52. The van der Waals surface area contributed by atoms with Crippen LogP contribution >= 0.6 is 0 Å². The number of hydrogen-bond donors (Lipinski definition) is 1. The van der Waals surface area contributed by atoms with Gasteiger partial charge in [-0.15, -0.1) is 0 Å². The van der Waals surface area contributed by atoms with Crippen LogP contribution < -0.4 is 5.32 Å². The van der Waals surface area contributed by atoms with Gasteiger partial charge in [0.1, 0.15) is 0 Å². The van der Waals surface area contributed by atoms with Crippen LogP contribution in [0.4, 0.5) is 0 Å². The maximum absolute atomic E-state index is 11.4. The number of nitrogens with one attached hydrogen (secondary N) is 1. The first kappa shape index (κ1) is 14.0. The monoisotopic (exact) mass is 266 g/mol. The highest BCUT2D eigenvalue weighted by Crippen LogP contribution is 2.22. The molecule has 1 amide bonds. The van der Waals surface area contributed by atoms with E-state index in [2.05, 4.69) is 27.3 Å². The second-order valence-corrected chi connectivity index (χ2v) is 5.09. The fourth-order valence-corrected chi connectivity index (χ4v) is 2.40. The molecule has 1 aliphatic heterocycles. The van der Waals surface area contributed by atoms with E-state index in [1.165, 1.54) is 0 Å². The molecule has 1 saturated heterocycles. The Morgan fingerprint density at radius 2 is 2.21 bits per heavy atom. The number of aryl methyl sites for hydroxylation is 1. The highest BCUT2D eigenvalue weighted by Gasteiger charge is 2.26. The molecule has 0 aromatic carbocycles. The smallest absolute Gasteiger partial charge is 0.243 e. The SMILES string of the molecule is CCC(=O)NC1CCN([C@H](C)c2nc(C)no2)CC1. The zero-order valence-corrected chi connectivity index (χ0v) is 11.8. The molecule has 2 rings (SSSR count). The highest BCUT2D eigenvalue weighted by atomic mass is 16.5. The number of nitrogens with zero attached hydrogens (tertiary/aromatic N) is 3. The summed E-state index contributed by atoms with van der Waals surface area (Å²) in [6, 6.07) is 0.448. The van der Waals surface area contributed by atoms with Gasteiger partial charge in [0.15, 0.2) is 5.82 Å². The summed E-state index contributed by atoms with van der Waals surface area (Å²) < 4.78 is 5.22. The van der Waals surface area contributed by atoms with Crippen molar-refractivity contribution in [2.45, 2.75) is 52.1 Å². The average molecular weight is 266 g/mol. The van der Waals surface area contributed by atoms with Crippen LogP contribution in [0, 0.1) is 6.92 Å². The van der Waals surface area contributed by atoms with Crippen LogP contribution in [0.2, 0.25) is 0 Å². The predicted molar refractivity (Wildman–Crippen MR) is 70.5 cm³/mol. The van der Waals surface area contributed by atoms with Crippen molar-refractivity contribution in [1.29, 1.82) is 0 Å². The molecular weight excluding hydrogens is 244 g/mol. The van der Waals surface area contributed by atoms with Crippen LogP contribution in [0.3, 0.4) is 0 Å². The zero-order valence-electron chi connectivity index (χ0n) is 11.8. The summed E-state index contributed by atoms with van der Waals surface area (Å²) in [6.07, 6.45) is 2.50. The molecule has 0 saturated carbocycles. The lowest BCUT2D eigenvalue weighted by atomic mass is 10.0. The van der Waals surface area contributed by atoms with Gasteiger partial charge in [0.25, 0.3) is 0 Å². The third-order valence-electron chi connectivity index (χ3n) is 3.66. The van der Waals surface area contributed by atoms with Gasteiger partial charge in [0.05, 0.1) is 6.04 Å². The van der Waals surface area contributed by atoms with Crippen molar-refractivity contribution in [1.82, 2.24) is 20.4 Å². The molecule has 19 heavy (non-hydrogen) atoms. The van der Waals surface area contributed by atoms with Crippen molar-refractivity contribution in [3.63, 3.8) is 0 Å². The molecule has 1 aromatic rings. The van der Waals surface area contributed by atoms with Gasteiger partial charge in [-0.05, 0) is 26.7 Å².